The van der Waals surface area contributed by atoms with Crippen LogP contribution in [0, 0.1) is 11.3 Å². The first-order chi connectivity index (χ1) is 11.6. The van der Waals surface area contributed by atoms with Gasteiger partial charge in [0.2, 0.25) is 0 Å². The van der Waals surface area contributed by atoms with E-state index in [-0.39, 0.29) is 5.41 Å². The lowest BCUT2D eigenvalue weighted by Crippen LogP contribution is -2.67. The molecule has 5 heteroatoms. The minimum absolute atomic E-state index is 0.141. The van der Waals surface area contributed by atoms with Gasteiger partial charge in [0.1, 0.15) is 5.75 Å². The molecule has 1 heterocycles. The first-order valence-corrected chi connectivity index (χ1v) is 8.86. The SMILES string of the molecule is CCNC(=NCc1ccccc1OC)NC1C2CCOC2C1(C)C. The van der Waals surface area contributed by atoms with Crippen molar-refractivity contribution < 1.29 is 9.47 Å². The van der Waals surface area contributed by atoms with Crippen LogP contribution in [0.15, 0.2) is 29.3 Å². The van der Waals surface area contributed by atoms with Gasteiger partial charge in [-0.25, -0.2) is 4.99 Å². The molecule has 0 radical (unpaired) electrons. The Labute approximate surface area is 144 Å². The van der Waals surface area contributed by atoms with Crippen molar-refractivity contribution in [2.45, 2.75) is 45.9 Å². The molecule has 1 aromatic carbocycles. The molecule has 2 aliphatic rings. The fourth-order valence-corrected chi connectivity index (χ4v) is 4.08. The predicted molar refractivity (Wildman–Crippen MR) is 96.4 cm³/mol. The molecule has 2 fully saturated rings. The Bertz CT molecular complexity index is 600. The summed E-state index contributed by atoms with van der Waals surface area (Å²) in [6.45, 7) is 8.97. The number of methoxy groups -OCH3 is 1. The second-order valence-corrected chi connectivity index (χ2v) is 7.19. The molecule has 1 aliphatic carbocycles. The molecular formula is C19H29N3O2. The minimum Gasteiger partial charge on any atom is -0.496 e. The van der Waals surface area contributed by atoms with Crippen molar-refractivity contribution in [1.29, 1.82) is 0 Å². The van der Waals surface area contributed by atoms with Gasteiger partial charge in [-0.05, 0) is 19.4 Å². The molecule has 3 atom stereocenters. The average Bonchev–Trinajstić information content (AvgIpc) is 3.04. The van der Waals surface area contributed by atoms with E-state index in [4.69, 9.17) is 14.5 Å². The summed E-state index contributed by atoms with van der Waals surface area (Å²) in [6.07, 6.45) is 1.52. The number of hydrogen-bond donors (Lipinski definition) is 2. The van der Waals surface area contributed by atoms with E-state index in [1.807, 2.05) is 18.2 Å². The summed E-state index contributed by atoms with van der Waals surface area (Å²) in [5.74, 6) is 2.34. The number of rotatable bonds is 5. The predicted octanol–water partition coefficient (Wildman–Crippen LogP) is 2.56. The van der Waals surface area contributed by atoms with E-state index in [9.17, 15) is 0 Å². The highest BCUT2D eigenvalue weighted by molar-refractivity contribution is 5.80. The van der Waals surface area contributed by atoms with Crippen LogP contribution in [0.2, 0.25) is 0 Å². The van der Waals surface area contributed by atoms with E-state index in [0.29, 0.717) is 24.6 Å². The first-order valence-electron chi connectivity index (χ1n) is 8.86. The van der Waals surface area contributed by atoms with Gasteiger partial charge < -0.3 is 20.1 Å². The Hall–Kier alpha value is -1.75. The standard InChI is InChI=1S/C19H29N3O2/c1-5-20-18(21-12-13-8-6-7-9-15(13)23-4)22-16-14-10-11-24-17(14)19(16,2)3/h6-9,14,16-17H,5,10-12H2,1-4H3,(H2,20,21,22). The second kappa shape index (κ2) is 7.01. The minimum atomic E-state index is 0.141. The summed E-state index contributed by atoms with van der Waals surface area (Å²) >= 11 is 0. The number of nitrogens with one attached hydrogen (secondary N) is 2. The van der Waals surface area contributed by atoms with Crippen molar-refractivity contribution in [3.63, 3.8) is 0 Å². The van der Waals surface area contributed by atoms with Crippen molar-refractivity contribution in [3.05, 3.63) is 29.8 Å². The van der Waals surface area contributed by atoms with Crippen LogP contribution in [0.25, 0.3) is 0 Å². The van der Waals surface area contributed by atoms with Crippen LogP contribution >= 0.6 is 0 Å². The molecular weight excluding hydrogens is 302 g/mol. The van der Waals surface area contributed by atoms with E-state index in [1.165, 1.54) is 0 Å². The molecule has 3 rings (SSSR count). The molecule has 1 aromatic rings. The zero-order valence-corrected chi connectivity index (χ0v) is 15.1. The van der Waals surface area contributed by atoms with Crippen molar-refractivity contribution in [1.82, 2.24) is 10.6 Å². The Morgan fingerprint density at radius 1 is 1.38 bits per heavy atom. The highest BCUT2D eigenvalue weighted by atomic mass is 16.5. The Morgan fingerprint density at radius 3 is 2.92 bits per heavy atom. The summed E-state index contributed by atoms with van der Waals surface area (Å²) in [5.41, 5.74) is 1.23. The van der Waals surface area contributed by atoms with Crippen LogP contribution in [-0.2, 0) is 11.3 Å². The zero-order chi connectivity index (χ0) is 17.2. The van der Waals surface area contributed by atoms with Crippen LogP contribution < -0.4 is 15.4 Å². The third-order valence-electron chi connectivity index (χ3n) is 5.34. The molecule has 3 unspecified atom stereocenters. The van der Waals surface area contributed by atoms with Crippen LogP contribution in [0.5, 0.6) is 5.75 Å². The van der Waals surface area contributed by atoms with Gasteiger partial charge in [0, 0.05) is 36.1 Å². The van der Waals surface area contributed by atoms with Crippen LogP contribution in [-0.4, -0.2) is 38.4 Å². The number of hydrogen-bond acceptors (Lipinski definition) is 3. The number of guanidine groups is 1. The first kappa shape index (κ1) is 17.1. The summed E-state index contributed by atoms with van der Waals surface area (Å²) in [5, 5.41) is 7.01. The molecule has 0 amide bonds. The largest absolute Gasteiger partial charge is 0.496 e. The smallest absolute Gasteiger partial charge is 0.191 e. The zero-order valence-electron chi connectivity index (χ0n) is 15.1. The number of nitrogens with zero attached hydrogens (tertiary/aromatic N) is 1. The lowest BCUT2D eigenvalue weighted by molar-refractivity contribution is -0.106. The van der Waals surface area contributed by atoms with E-state index in [1.54, 1.807) is 7.11 Å². The quantitative estimate of drug-likeness (QED) is 0.643. The fourth-order valence-electron chi connectivity index (χ4n) is 4.08. The van der Waals surface area contributed by atoms with Gasteiger partial charge in [-0.3, -0.25) is 0 Å². The van der Waals surface area contributed by atoms with Gasteiger partial charge >= 0.3 is 0 Å². The molecule has 1 aliphatic heterocycles. The normalized spacial score (nSPS) is 28.0. The van der Waals surface area contributed by atoms with E-state index >= 15 is 0 Å². The molecule has 5 nitrogen and oxygen atoms in total. The Kier molecular flexibility index (Phi) is 4.99. The molecule has 24 heavy (non-hydrogen) atoms. The third-order valence-corrected chi connectivity index (χ3v) is 5.34. The van der Waals surface area contributed by atoms with Gasteiger partial charge in [0.05, 0.1) is 19.8 Å². The van der Waals surface area contributed by atoms with Crippen molar-refractivity contribution in [3.8, 4) is 5.75 Å². The van der Waals surface area contributed by atoms with Crippen molar-refractivity contribution in [2.24, 2.45) is 16.3 Å². The maximum atomic E-state index is 5.88. The fraction of sp³-hybridized carbons (Fsp3) is 0.632. The van der Waals surface area contributed by atoms with Crippen molar-refractivity contribution in [2.75, 3.05) is 20.3 Å². The molecule has 1 saturated heterocycles. The van der Waals surface area contributed by atoms with Gasteiger partial charge in [0.25, 0.3) is 0 Å². The van der Waals surface area contributed by atoms with Crippen molar-refractivity contribution >= 4 is 5.96 Å². The number of fused-ring (bicyclic) bond motifs is 1. The van der Waals surface area contributed by atoms with E-state index in [2.05, 4.69) is 37.5 Å². The summed E-state index contributed by atoms with van der Waals surface area (Å²) < 4.78 is 11.3. The molecule has 0 spiro atoms. The lowest BCUT2D eigenvalue weighted by Gasteiger charge is -2.54. The maximum absolute atomic E-state index is 5.88. The molecule has 0 bridgehead atoms. The maximum Gasteiger partial charge on any atom is 0.191 e. The number of para-hydroxylation sites is 1. The monoisotopic (exact) mass is 331 g/mol. The third kappa shape index (κ3) is 3.09. The average molecular weight is 331 g/mol. The topological polar surface area (TPSA) is 54.9 Å². The van der Waals surface area contributed by atoms with Crippen LogP contribution in [0.4, 0.5) is 0 Å². The summed E-state index contributed by atoms with van der Waals surface area (Å²) in [6, 6.07) is 8.43. The second-order valence-electron chi connectivity index (χ2n) is 7.19. The van der Waals surface area contributed by atoms with Gasteiger partial charge in [-0.15, -0.1) is 0 Å². The number of benzene rings is 1. The highest BCUT2D eigenvalue weighted by Gasteiger charge is 2.59. The molecule has 0 aromatic heterocycles. The van der Waals surface area contributed by atoms with E-state index in [0.717, 1.165) is 36.8 Å². The van der Waals surface area contributed by atoms with E-state index < -0.39 is 0 Å². The van der Waals surface area contributed by atoms with Gasteiger partial charge in [0.15, 0.2) is 5.96 Å². The summed E-state index contributed by atoms with van der Waals surface area (Å²) in [7, 11) is 1.70. The number of aliphatic imine (C=N–C) groups is 1. The number of ether oxygens (including phenoxy) is 2. The Balaban J connectivity index is 1.70. The van der Waals surface area contributed by atoms with Crippen LogP contribution in [0.3, 0.4) is 0 Å². The molecule has 1 saturated carbocycles. The Morgan fingerprint density at radius 2 is 2.17 bits per heavy atom. The highest BCUT2D eigenvalue weighted by Crippen LogP contribution is 2.52. The van der Waals surface area contributed by atoms with Crippen LogP contribution in [0.1, 0.15) is 32.8 Å². The molecule has 132 valence electrons. The van der Waals surface area contributed by atoms with Gasteiger partial charge in [-0.2, -0.15) is 0 Å². The summed E-state index contributed by atoms with van der Waals surface area (Å²) in [4.78, 5) is 4.77. The lowest BCUT2D eigenvalue weighted by atomic mass is 9.57. The molecule has 2 N–H and O–H groups in total. The van der Waals surface area contributed by atoms with Gasteiger partial charge in [-0.1, -0.05) is 32.0 Å².